The van der Waals surface area contributed by atoms with Crippen LogP contribution in [0.3, 0.4) is 0 Å². The molecular weight excluding hydrogens is 463 g/mol. The zero-order valence-corrected chi connectivity index (χ0v) is 18.5. The second kappa shape index (κ2) is 9.08. The molecule has 0 saturated heterocycles. The summed E-state index contributed by atoms with van der Waals surface area (Å²) in [5.41, 5.74) is 2.44. The van der Waals surface area contributed by atoms with E-state index in [-0.39, 0.29) is 29.4 Å². The highest BCUT2D eigenvalue weighted by molar-refractivity contribution is 14.0. The SMILES string of the molecule is CCNC(=NCc1nc(C)c(C)o1)NCC1(c2ccc(Cl)cc2)CC1.I. The summed E-state index contributed by atoms with van der Waals surface area (Å²) < 4.78 is 5.59. The average Bonchev–Trinajstić information content (AvgIpc) is 3.31. The molecule has 1 saturated carbocycles. The van der Waals surface area contributed by atoms with Crippen molar-refractivity contribution in [2.45, 2.75) is 45.6 Å². The Labute approximate surface area is 177 Å². The van der Waals surface area contributed by atoms with Gasteiger partial charge in [0.15, 0.2) is 5.96 Å². The molecule has 1 fully saturated rings. The Morgan fingerprint density at radius 3 is 2.46 bits per heavy atom. The van der Waals surface area contributed by atoms with Gasteiger partial charge >= 0.3 is 0 Å². The molecule has 2 aromatic rings. The number of aryl methyl sites for hydroxylation is 2. The van der Waals surface area contributed by atoms with Gasteiger partial charge in [0.25, 0.3) is 0 Å². The van der Waals surface area contributed by atoms with E-state index in [2.05, 4.69) is 39.7 Å². The highest BCUT2D eigenvalue weighted by Gasteiger charge is 2.44. The minimum Gasteiger partial charge on any atom is -0.444 e. The van der Waals surface area contributed by atoms with Crippen LogP contribution in [0.5, 0.6) is 0 Å². The van der Waals surface area contributed by atoms with Gasteiger partial charge in [-0.2, -0.15) is 0 Å². The lowest BCUT2D eigenvalue weighted by molar-refractivity contribution is 0.472. The van der Waals surface area contributed by atoms with Crippen LogP contribution in [-0.4, -0.2) is 24.0 Å². The first-order chi connectivity index (χ1) is 12.0. The standard InChI is InChI=1S/C19H25ClN4O.HI/c1-4-21-18(22-11-17-24-13(2)14(3)25-17)23-12-19(9-10-19)15-5-7-16(20)8-6-15;/h5-8H,4,9-12H2,1-3H3,(H2,21,22,23);1H. The number of aliphatic imine (C=N–C) groups is 1. The Morgan fingerprint density at radius 1 is 1.23 bits per heavy atom. The van der Waals surface area contributed by atoms with Crippen LogP contribution in [0.25, 0.3) is 0 Å². The first kappa shape index (κ1) is 21.0. The van der Waals surface area contributed by atoms with Gasteiger partial charge in [0.2, 0.25) is 5.89 Å². The summed E-state index contributed by atoms with van der Waals surface area (Å²) in [5, 5.41) is 7.53. The predicted octanol–water partition coefficient (Wildman–Crippen LogP) is 4.35. The molecule has 0 amide bonds. The highest BCUT2D eigenvalue weighted by Crippen LogP contribution is 2.47. The number of nitrogens with zero attached hydrogens (tertiary/aromatic N) is 2. The van der Waals surface area contributed by atoms with E-state index in [0.29, 0.717) is 12.4 Å². The summed E-state index contributed by atoms with van der Waals surface area (Å²) in [6.45, 7) is 8.01. The van der Waals surface area contributed by atoms with Crippen molar-refractivity contribution >= 4 is 41.5 Å². The van der Waals surface area contributed by atoms with E-state index in [4.69, 9.17) is 16.0 Å². The van der Waals surface area contributed by atoms with Crippen molar-refractivity contribution in [3.8, 4) is 0 Å². The fraction of sp³-hybridized carbons (Fsp3) is 0.474. The van der Waals surface area contributed by atoms with Crippen molar-refractivity contribution in [3.63, 3.8) is 0 Å². The minimum absolute atomic E-state index is 0. The van der Waals surface area contributed by atoms with E-state index < -0.39 is 0 Å². The average molecular weight is 489 g/mol. The fourth-order valence-corrected chi connectivity index (χ4v) is 3.00. The van der Waals surface area contributed by atoms with Crippen molar-refractivity contribution in [3.05, 3.63) is 52.2 Å². The molecule has 0 bridgehead atoms. The van der Waals surface area contributed by atoms with Crippen LogP contribution < -0.4 is 10.6 Å². The summed E-state index contributed by atoms with van der Waals surface area (Å²) in [4.78, 5) is 8.97. The van der Waals surface area contributed by atoms with E-state index in [1.165, 1.54) is 18.4 Å². The molecule has 0 radical (unpaired) electrons. The van der Waals surface area contributed by atoms with Gasteiger partial charge in [0.05, 0.1) is 5.69 Å². The van der Waals surface area contributed by atoms with Crippen LogP contribution in [-0.2, 0) is 12.0 Å². The second-order valence-corrected chi connectivity index (χ2v) is 7.02. The Morgan fingerprint density at radius 2 is 1.92 bits per heavy atom. The summed E-state index contributed by atoms with van der Waals surface area (Å²) in [6, 6.07) is 8.17. The van der Waals surface area contributed by atoms with Crippen LogP contribution in [0.15, 0.2) is 33.7 Å². The molecule has 142 valence electrons. The first-order valence-corrected chi connectivity index (χ1v) is 9.11. The third kappa shape index (κ3) is 5.13. The van der Waals surface area contributed by atoms with Gasteiger partial charge in [-0.15, -0.1) is 24.0 Å². The van der Waals surface area contributed by atoms with Gasteiger partial charge in [-0.05, 0) is 51.3 Å². The molecular formula is C19H26ClIN4O. The lowest BCUT2D eigenvalue weighted by Crippen LogP contribution is -2.41. The Bertz CT molecular complexity index is 734. The van der Waals surface area contributed by atoms with Gasteiger partial charge < -0.3 is 15.1 Å². The molecule has 0 atom stereocenters. The number of halogens is 2. The molecule has 1 aromatic heterocycles. The molecule has 1 aromatic carbocycles. The van der Waals surface area contributed by atoms with Crippen molar-refractivity contribution in [1.82, 2.24) is 15.6 Å². The lowest BCUT2D eigenvalue weighted by atomic mass is 9.96. The van der Waals surface area contributed by atoms with Crippen LogP contribution in [0.4, 0.5) is 0 Å². The van der Waals surface area contributed by atoms with Gasteiger partial charge in [0, 0.05) is 23.5 Å². The molecule has 3 rings (SSSR count). The van der Waals surface area contributed by atoms with Gasteiger partial charge in [-0.1, -0.05) is 23.7 Å². The fourth-order valence-electron chi connectivity index (χ4n) is 2.87. The second-order valence-electron chi connectivity index (χ2n) is 6.59. The molecule has 1 heterocycles. The maximum Gasteiger partial charge on any atom is 0.216 e. The maximum atomic E-state index is 6.00. The molecule has 26 heavy (non-hydrogen) atoms. The molecule has 2 N–H and O–H groups in total. The number of oxazole rings is 1. The molecule has 5 nitrogen and oxygen atoms in total. The topological polar surface area (TPSA) is 62.5 Å². The normalized spacial score (nSPS) is 15.3. The maximum absolute atomic E-state index is 6.00. The Kier molecular flexibility index (Phi) is 7.34. The molecule has 7 heteroatoms. The number of aromatic nitrogens is 1. The zero-order chi connectivity index (χ0) is 17.9. The summed E-state index contributed by atoms with van der Waals surface area (Å²) in [5.74, 6) is 2.28. The number of benzene rings is 1. The van der Waals surface area contributed by atoms with Gasteiger partial charge in [0.1, 0.15) is 12.3 Å². The smallest absolute Gasteiger partial charge is 0.216 e. The van der Waals surface area contributed by atoms with Crippen molar-refractivity contribution in [2.75, 3.05) is 13.1 Å². The molecule has 0 unspecified atom stereocenters. The third-order valence-corrected chi connectivity index (χ3v) is 4.95. The van der Waals surface area contributed by atoms with Crippen LogP contribution in [0.2, 0.25) is 5.02 Å². The van der Waals surface area contributed by atoms with Crippen LogP contribution in [0, 0.1) is 13.8 Å². The summed E-state index contributed by atoms with van der Waals surface area (Å²) >= 11 is 6.00. The molecule has 1 aliphatic rings. The van der Waals surface area contributed by atoms with E-state index in [1.807, 2.05) is 26.0 Å². The zero-order valence-electron chi connectivity index (χ0n) is 15.4. The van der Waals surface area contributed by atoms with Crippen molar-refractivity contribution < 1.29 is 4.42 Å². The summed E-state index contributed by atoms with van der Waals surface area (Å²) in [6.07, 6.45) is 2.36. The number of rotatable bonds is 6. The van der Waals surface area contributed by atoms with Crippen LogP contribution in [0.1, 0.15) is 42.7 Å². The lowest BCUT2D eigenvalue weighted by Gasteiger charge is -2.19. The molecule has 0 aliphatic heterocycles. The van der Waals surface area contributed by atoms with Crippen molar-refractivity contribution in [2.24, 2.45) is 4.99 Å². The largest absolute Gasteiger partial charge is 0.444 e. The van der Waals surface area contributed by atoms with E-state index in [0.717, 1.165) is 35.5 Å². The van der Waals surface area contributed by atoms with Gasteiger partial charge in [-0.25, -0.2) is 9.98 Å². The molecule has 0 spiro atoms. The number of guanidine groups is 1. The van der Waals surface area contributed by atoms with E-state index in [9.17, 15) is 0 Å². The first-order valence-electron chi connectivity index (χ1n) is 8.73. The van der Waals surface area contributed by atoms with Gasteiger partial charge in [-0.3, -0.25) is 0 Å². The minimum atomic E-state index is 0. The highest BCUT2D eigenvalue weighted by atomic mass is 127. The molecule has 1 aliphatic carbocycles. The number of hydrogen-bond donors (Lipinski definition) is 2. The third-order valence-electron chi connectivity index (χ3n) is 4.69. The van der Waals surface area contributed by atoms with Crippen molar-refractivity contribution in [1.29, 1.82) is 0 Å². The Balaban J connectivity index is 0.00000243. The van der Waals surface area contributed by atoms with Crippen LogP contribution >= 0.6 is 35.6 Å². The summed E-state index contributed by atoms with van der Waals surface area (Å²) in [7, 11) is 0. The number of nitrogens with one attached hydrogen (secondary N) is 2. The monoisotopic (exact) mass is 488 g/mol. The quantitative estimate of drug-likeness (QED) is 0.360. The van der Waals surface area contributed by atoms with E-state index in [1.54, 1.807) is 0 Å². The number of hydrogen-bond acceptors (Lipinski definition) is 3. The Hall–Kier alpha value is -1.28. The predicted molar refractivity (Wildman–Crippen MR) is 117 cm³/mol. The van der Waals surface area contributed by atoms with E-state index >= 15 is 0 Å².